The number of alkyl halides is 3. The summed E-state index contributed by atoms with van der Waals surface area (Å²) in [7, 11) is -2.30. The number of halogens is 5. The predicted molar refractivity (Wildman–Crippen MR) is 140 cm³/mol. The van der Waals surface area contributed by atoms with Gasteiger partial charge in [0.15, 0.2) is 23.0 Å². The van der Waals surface area contributed by atoms with Crippen LogP contribution in [0.15, 0.2) is 30.3 Å². The third-order valence-corrected chi connectivity index (χ3v) is 7.49. The van der Waals surface area contributed by atoms with Gasteiger partial charge in [-0.2, -0.15) is 18.3 Å². The molecule has 0 aliphatic heterocycles. The van der Waals surface area contributed by atoms with E-state index in [9.17, 15) is 36.2 Å². The zero-order valence-electron chi connectivity index (χ0n) is 19.6. The molecule has 0 amide bonds. The van der Waals surface area contributed by atoms with Gasteiger partial charge in [-0.1, -0.05) is 0 Å². The van der Waals surface area contributed by atoms with E-state index in [-0.39, 0.29) is 40.8 Å². The van der Waals surface area contributed by atoms with Crippen molar-refractivity contribution in [3.8, 4) is 22.9 Å². The summed E-state index contributed by atoms with van der Waals surface area (Å²) >= 11 is 1.92. The number of aromatic amines is 1. The Morgan fingerprint density at radius 2 is 1.84 bits per heavy atom. The van der Waals surface area contributed by atoms with E-state index < -0.39 is 39.8 Å². The molecule has 0 fully saturated rings. The molecular weight excluding hydrogens is 647 g/mol. The summed E-state index contributed by atoms with van der Waals surface area (Å²) in [5.41, 5.74) is -0.0541. The summed E-state index contributed by atoms with van der Waals surface area (Å²) in [6.45, 7) is -0.0737. The SMILES string of the molecule is CN(c1ccc(O)cc1CNc1nc(-c2cc(F)c(O)cc2CC(F)(F)F)nc2n[nH]c(I)c12)S(C)(=O)=O. The van der Waals surface area contributed by atoms with E-state index in [0.29, 0.717) is 26.8 Å². The van der Waals surface area contributed by atoms with Crippen LogP contribution in [0.25, 0.3) is 22.4 Å². The highest BCUT2D eigenvalue weighted by atomic mass is 127. The van der Waals surface area contributed by atoms with Gasteiger partial charge < -0.3 is 15.5 Å². The highest BCUT2D eigenvalue weighted by Gasteiger charge is 2.31. The molecule has 0 radical (unpaired) electrons. The minimum absolute atomic E-state index is 0.0673. The van der Waals surface area contributed by atoms with Gasteiger partial charge in [0.1, 0.15) is 15.3 Å². The van der Waals surface area contributed by atoms with Crippen LogP contribution in [-0.4, -0.2) is 58.3 Å². The highest BCUT2D eigenvalue weighted by molar-refractivity contribution is 14.1. The van der Waals surface area contributed by atoms with Crippen molar-refractivity contribution in [2.24, 2.45) is 0 Å². The zero-order chi connectivity index (χ0) is 28.0. The van der Waals surface area contributed by atoms with Crippen LogP contribution in [0.1, 0.15) is 11.1 Å². The molecule has 4 aromatic rings. The Kier molecular flexibility index (Phi) is 7.30. The molecule has 2 aromatic heterocycles. The number of aromatic hydroxyl groups is 2. The van der Waals surface area contributed by atoms with Crippen LogP contribution in [0, 0.1) is 9.52 Å². The van der Waals surface area contributed by atoms with Crippen LogP contribution in [0.3, 0.4) is 0 Å². The molecule has 0 bridgehead atoms. The number of anilines is 2. The maximum absolute atomic E-state index is 14.2. The Labute approximate surface area is 226 Å². The van der Waals surface area contributed by atoms with E-state index in [2.05, 4.69) is 25.5 Å². The maximum atomic E-state index is 14.2. The maximum Gasteiger partial charge on any atom is 0.393 e. The van der Waals surface area contributed by atoms with Crippen molar-refractivity contribution in [1.82, 2.24) is 20.2 Å². The van der Waals surface area contributed by atoms with E-state index in [1.54, 1.807) is 0 Å². The predicted octanol–water partition coefficient (Wildman–Crippen LogP) is 4.29. The average Bonchev–Trinajstić information content (AvgIpc) is 3.18. The summed E-state index contributed by atoms with van der Waals surface area (Å²) in [5.74, 6) is -2.42. The van der Waals surface area contributed by atoms with E-state index in [0.717, 1.165) is 10.6 Å². The van der Waals surface area contributed by atoms with Gasteiger partial charge in [0.05, 0.1) is 23.8 Å². The number of H-pyrrole nitrogens is 1. The molecule has 202 valence electrons. The number of phenolic OH excluding ortho intramolecular Hbond substituents is 2. The average molecular weight is 666 g/mol. The van der Waals surface area contributed by atoms with Crippen molar-refractivity contribution in [2.75, 3.05) is 22.9 Å². The highest BCUT2D eigenvalue weighted by Crippen LogP contribution is 2.35. The number of nitrogens with zero attached hydrogens (tertiary/aromatic N) is 4. The fourth-order valence-electron chi connectivity index (χ4n) is 3.69. The molecule has 16 heteroatoms. The molecule has 0 saturated heterocycles. The molecule has 10 nitrogen and oxygen atoms in total. The Morgan fingerprint density at radius 3 is 2.50 bits per heavy atom. The van der Waals surface area contributed by atoms with Gasteiger partial charge in [-0.15, -0.1) is 0 Å². The summed E-state index contributed by atoms with van der Waals surface area (Å²) in [4.78, 5) is 8.52. The Bertz CT molecular complexity index is 1650. The summed E-state index contributed by atoms with van der Waals surface area (Å²) in [5, 5.41) is 29.8. The van der Waals surface area contributed by atoms with E-state index in [4.69, 9.17) is 0 Å². The van der Waals surface area contributed by atoms with Gasteiger partial charge in [0.25, 0.3) is 0 Å². The third kappa shape index (κ3) is 5.85. The fraction of sp³-hybridized carbons (Fsp3) is 0.227. The lowest BCUT2D eigenvalue weighted by atomic mass is 10.0. The minimum Gasteiger partial charge on any atom is -0.508 e. The van der Waals surface area contributed by atoms with Crippen molar-refractivity contribution < 1.29 is 36.2 Å². The van der Waals surface area contributed by atoms with Crippen molar-refractivity contribution in [1.29, 1.82) is 0 Å². The van der Waals surface area contributed by atoms with Crippen molar-refractivity contribution in [3.63, 3.8) is 0 Å². The summed E-state index contributed by atoms with van der Waals surface area (Å²) in [6.07, 6.45) is -5.12. The smallest absolute Gasteiger partial charge is 0.393 e. The van der Waals surface area contributed by atoms with Crippen LogP contribution in [0.5, 0.6) is 11.5 Å². The lowest BCUT2D eigenvalue weighted by molar-refractivity contribution is -0.127. The second-order valence-corrected chi connectivity index (χ2v) is 11.4. The number of benzene rings is 2. The molecule has 0 unspecified atom stereocenters. The van der Waals surface area contributed by atoms with Gasteiger partial charge in [0.2, 0.25) is 10.0 Å². The topological polar surface area (TPSA) is 144 Å². The largest absolute Gasteiger partial charge is 0.508 e. The number of rotatable bonds is 7. The normalized spacial score (nSPS) is 12.2. The van der Waals surface area contributed by atoms with Gasteiger partial charge >= 0.3 is 6.18 Å². The minimum atomic E-state index is -4.66. The first-order valence-electron chi connectivity index (χ1n) is 10.6. The molecule has 0 saturated carbocycles. The molecule has 4 N–H and O–H groups in total. The number of nitrogens with one attached hydrogen (secondary N) is 2. The number of hydrogen-bond acceptors (Lipinski definition) is 8. The first kappa shape index (κ1) is 27.6. The van der Waals surface area contributed by atoms with Crippen LogP contribution < -0.4 is 9.62 Å². The first-order valence-corrected chi connectivity index (χ1v) is 13.6. The van der Waals surface area contributed by atoms with Gasteiger partial charge in [0, 0.05) is 19.2 Å². The number of phenols is 2. The fourth-order valence-corrected chi connectivity index (χ4v) is 4.84. The summed E-state index contributed by atoms with van der Waals surface area (Å²) in [6, 6.07) is 5.47. The standard InChI is InChI=1S/C22H19F4IN6O4S/c1-33(38(2,36)37)15-4-3-12(34)5-11(15)9-28-20-17-18(27)31-32-21(17)30-19(29-20)13-7-14(23)16(35)6-10(13)8-22(24,25)26/h3-7,34-35H,8-9H2,1-2H3,(H2,28,29,30,31,32). The second-order valence-electron chi connectivity index (χ2n) is 8.28. The second kappa shape index (κ2) is 10.0. The van der Waals surface area contributed by atoms with E-state index in [1.165, 1.54) is 25.2 Å². The monoisotopic (exact) mass is 666 g/mol. The van der Waals surface area contributed by atoms with Gasteiger partial charge in [-0.25, -0.2) is 22.8 Å². The zero-order valence-corrected chi connectivity index (χ0v) is 22.6. The molecule has 0 aliphatic rings. The Morgan fingerprint density at radius 1 is 1.13 bits per heavy atom. The van der Waals surface area contributed by atoms with Crippen molar-refractivity contribution >= 4 is 55.2 Å². The van der Waals surface area contributed by atoms with Gasteiger partial charge in [-0.3, -0.25) is 9.40 Å². The van der Waals surface area contributed by atoms with Gasteiger partial charge in [-0.05, 0) is 64.0 Å². The molecule has 0 atom stereocenters. The molecule has 2 aromatic carbocycles. The van der Waals surface area contributed by atoms with E-state index >= 15 is 0 Å². The molecule has 2 heterocycles. The number of hydrogen-bond donors (Lipinski definition) is 4. The molecule has 0 spiro atoms. The molecule has 4 rings (SSSR count). The van der Waals surface area contributed by atoms with Crippen LogP contribution in [-0.2, 0) is 23.0 Å². The molecular formula is C22H19F4IN6O4S. The summed E-state index contributed by atoms with van der Waals surface area (Å²) < 4.78 is 79.6. The Hall–Kier alpha value is -3.41. The molecule has 0 aliphatic carbocycles. The number of sulfonamides is 1. The lowest BCUT2D eigenvalue weighted by Crippen LogP contribution is -2.26. The van der Waals surface area contributed by atoms with Crippen LogP contribution in [0.4, 0.5) is 29.1 Å². The van der Waals surface area contributed by atoms with Crippen LogP contribution in [0.2, 0.25) is 0 Å². The molecule has 38 heavy (non-hydrogen) atoms. The van der Waals surface area contributed by atoms with E-state index in [1.807, 2.05) is 22.6 Å². The van der Waals surface area contributed by atoms with Crippen molar-refractivity contribution in [2.45, 2.75) is 19.1 Å². The Balaban J connectivity index is 1.82. The number of aromatic nitrogens is 4. The van der Waals surface area contributed by atoms with Crippen LogP contribution >= 0.6 is 22.6 Å². The number of fused-ring (bicyclic) bond motifs is 1. The lowest BCUT2D eigenvalue weighted by Gasteiger charge is -2.21. The quantitative estimate of drug-likeness (QED) is 0.169. The third-order valence-electron chi connectivity index (χ3n) is 5.52. The first-order chi connectivity index (χ1) is 17.6. The van der Waals surface area contributed by atoms with Crippen molar-refractivity contribution in [3.05, 3.63) is 51.0 Å².